The van der Waals surface area contributed by atoms with Crippen molar-refractivity contribution in [3.8, 4) is 0 Å². The Hall–Kier alpha value is -0.260. The maximum Gasteiger partial charge on any atom is 0.0603 e. The third kappa shape index (κ3) is 5.16. The predicted molar refractivity (Wildman–Crippen MR) is 78.0 cm³/mol. The maximum absolute atomic E-state index is 5.84. The van der Waals surface area contributed by atoms with Gasteiger partial charge in [0.2, 0.25) is 0 Å². The molecule has 5 heteroatoms. The zero-order valence-corrected chi connectivity index (χ0v) is 12.0. The summed E-state index contributed by atoms with van der Waals surface area (Å²) in [6.45, 7) is 5.74. The van der Waals surface area contributed by atoms with Crippen molar-refractivity contribution in [3.05, 3.63) is 34.9 Å². The van der Waals surface area contributed by atoms with E-state index in [1.54, 1.807) is 0 Å². The van der Waals surface area contributed by atoms with Gasteiger partial charge in [-0.2, -0.15) is 0 Å². The summed E-state index contributed by atoms with van der Waals surface area (Å²) in [4.78, 5) is 0. The molecule has 1 aromatic carbocycles. The van der Waals surface area contributed by atoms with E-state index in [1.165, 1.54) is 5.56 Å². The van der Waals surface area contributed by atoms with Gasteiger partial charge in [0.15, 0.2) is 0 Å². The average molecular weight is 287 g/mol. The minimum Gasteiger partial charge on any atom is -0.379 e. The van der Waals surface area contributed by atoms with Crippen molar-refractivity contribution < 1.29 is 4.74 Å². The molecule has 1 aromatic rings. The zero-order chi connectivity index (χ0) is 12.6. The molecule has 0 aromatic heterocycles. The molecule has 18 heavy (non-hydrogen) atoms. The molecule has 1 heterocycles. The van der Waals surface area contributed by atoms with Gasteiger partial charge < -0.3 is 10.1 Å². The summed E-state index contributed by atoms with van der Waals surface area (Å²) in [7, 11) is 0. The van der Waals surface area contributed by atoms with Crippen LogP contribution in [-0.4, -0.2) is 42.9 Å². The number of nitrogens with one attached hydrogen (secondary N) is 1. The van der Waals surface area contributed by atoms with Crippen LogP contribution < -0.4 is 5.32 Å². The summed E-state index contributed by atoms with van der Waals surface area (Å²) in [6, 6.07) is 7.98. The fourth-order valence-corrected chi connectivity index (χ4v) is 2.78. The molecular formula is C13H19ClN2OS. The van der Waals surface area contributed by atoms with Crippen LogP contribution in [0.2, 0.25) is 5.02 Å². The van der Waals surface area contributed by atoms with Crippen molar-refractivity contribution in [1.82, 2.24) is 9.62 Å². The van der Waals surface area contributed by atoms with Gasteiger partial charge >= 0.3 is 0 Å². The molecule has 0 atom stereocenters. The van der Waals surface area contributed by atoms with E-state index in [1.807, 2.05) is 24.1 Å². The molecular weight excluding hydrogens is 268 g/mol. The summed E-state index contributed by atoms with van der Waals surface area (Å²) in [5.41, 5.74) is 1.27. The van der Waals surface area contributed by atoms with Gasteiger partial charge in [-0.25, -0.2) is 4.31 Å². The third-order valence-corrected chi connectivity index (χ3v) is 4.13. The molecule has 0 unspecified atom stereocenters. The van der Waals surface area contributed by atoms with Crippen molar-refractivity contribution in [2.24, 2.45) is 0 Å². The van der Waals surface area contributed by atoms with Gasteiger partial charge in [-0.15, -0.1) is 0 Å². The Bertz CT molecular complexity index is 341. The van der Waals surface area contributed by atoms with Gasteiger partial charge in [0.1, 0.15) is 0 Å². The summed E-state index contributed by atoms with van der Waals surface area (Å²) >= 11 is 7.75. The molecule has 0 spiro atoms. The van der Waals surface area contributed by atoms with Gasteiger partial charge in [0.05, 0.1) is 13.2 Å². The van der Waals surface area contributed by atoms with Gasteiger partial charge in [-0.05, 0) is 17.7 Å². The van der Waals surface area contributed by atoms with E-state index < -0.39 is 0 Å². The summed E-state index contributed by atoms with van der Waals surface area (Å²) in [6.07, 6.45) is 0. The van der Waals surface area contributed by atoms with Gasteiger partial charge in [0.25, 0.3) is 0 Å². The van der Waals surface area contributed by atoms with Gasteiger partial charge in [-0.1, -0.05) is 35.7 Å². The molecule has 1 aliphatic rings. The van der Waals surface area contributed by atoms with E-state index in [-0.39, 0.29) is 0 Å². The quantitative estimate of drug-likeness (QED) is 0.641. The highest BCUT2D eigenvalue weighted by Gasteiger charge is 2.09. The Morgan fingerprint density at radius 3 is 2.67 bits per heavy atom. The average Bonchev–Trinajstić information content (AvgIpc) is 2.42. The summed E-state index contributed by atoms with van der Waals surface area (Å²) in [5, 5.41) is 4.23. The monoisotopic (exact) mass is 286 g/mol. The van der Waals surface area contributed by atoms with Gasteiger partial charge in [-0.3, -0.25) is 0 Å². The minimum absolute atomic E-state index is 0.793. The summed E-state index contributed by atoms with van der Waals surface area (Å²) < 4.78 is 7.70. The van der Waals surface area contributed by atoms with E-state index in [0.29, 0.717) is 0 Å². The first kappa shape index (κ1) is 14.2. The number of ether oxygens (including phenoxy) is 1. The molecule has 0 saturated carbocycles. The van der Waals surface area contributed by atoms with E-state index >= 15 is 0 Å². The normalized spacial score (nSPS) is 16.9. The standard InChI is InChI=1S/C13H19ClN2OS/c14-13-3-1-12(2-4-13)11-15-5-10-18-16-6-8-17-9-7-16/h1-4,15H,5-11H2. The molecule has 1 aliphatic heterocycles. The molecule has 0 radical (unpaired) electrons. The molecule has 1 saturated heterocycles. The van der Waals surface area contributed by atoms with E-state index in [9.17, 15) is 0 Å². The van der Waals surface area contributed by atoms with Crippen LogP contribution in [0.5, 0.6) is 0 Å². The number of nitrogens with zero attached hydrogens (tertiary/aromatic N) is 1. The number of hydrogen-bond donors (Lipinski definition) is 1. The fourth-order valence-electron chi connectivity index (χ4n) is 1.76. The second-order valence-corrected chi connectivity index (χ2v) is 5.80. The highest BCUT2D eigenvalue weighted by Crippen LogP contribution is 2.11. The lowest BCUT2D eigenvalue weighted by Crippen LogP contribution is -2.32. The Morgan fingerprint density at radius 1 is 1.22 bits per heavy atom. The number of hydrogen-bond acceptors (Lipinski definition) is 4. The molecule has 0 bridgehead atoms. The topological polar surface area (TPSA) is 24.5 Å². The van der Waals surface area contributed by atoms with Crippen LogP contribution in [0.1, 0.15) is 5.56 Å². The highest BCUT2D eigenvalue weighted by atomic mass is 35.5. The van der Waals surface area contributed by atoms with Crippen LogP contribution >= 0.6 is 23.5 Å². The first-order valence-electron chi connectivity index (χ1n) is 6.25. The smallest absolute Gasteiger partial charge is 0.0603 e. The Morgan fingerprint density at radius 2 is 1.94 bits per heavy atom. The van der Waals surface area contributed by atoms with E-state index in [0.717, 1.165) is 50.2 Å². The van der Waals surface area contributed by atoms with E-state index in [2.05, 4.69) is 21.8 Å². The number of rotatable bonds is 6. The molecule has 3 nitrogen and oxygen atoms in total. The lowest BCUT2D eigenvalue weighted by Gasteiger charge is -2.25. The molecule has 0 amide bonds. The second-order valence-electron chi connectivity index (χ2n) is 4.18. The van der Waals surface area contributed by atoms with Crippen LogP contribution in [0.3, 0.4) is 0 Å². The predicted octanol–water partition coefficient (Wildman–Crippen LogP) is 2.41. The van der Waals surface area contributed by atoms with Crippen molar-refractivity contribution >= 4 is 23.5 Å². The molecule has 100 valence electrons. The van der Waals surface area contributed by atoms with Crippen LogP contribution in [0.25, 0.3) is 0 Å². The van der Waals surface area contributed by atoms with Crippen LogP contribution in [0.15, 0.2) is 24.3 Å². The number of morpholine rings is 1. The minimum atomic E-state index is 0.793. The van der Waals surface area contributed by atoms with Crippen LogP contribution in [0.4, 0.5) is 0 Å². The largest absolute Gasteiger partial charge is 0.379 e. The second kappa shape index (κ2) is 8.02. The molecule has 0 aliphatic carbocycles. The van der Waals surface area contributed by atoms with Crippen molar-refractivity contribution in [1.29, 1.82) is 0 Å². The zero-order valence-electron chi connectivity index (χ0n) is 10.4. The molecule has 1 N–H and O–H groups in total. The lowest BCUT2D eigenvalue weighted by atomic mass is 10.2. The van der Waals surface area contributed by atoms with Crippen LogP contribution in [-0.2, 0) is 11.3 Å². The Labute approximate surface area is 118 Å². The summed E-state index contributed by atoms with van der Waals surface area (Å²) in [5.74, 6) is 1.10. The fraction of sp³-hybridized carbons (Fsp3) is 0.538. The first-order chi connectivity index (χ1) is 8.84. The maximum atomic E-state index is 5.84. The SMILES string of the molecule is Clc1ccc(CNCCSN2CCOCC2)cc1. The van der Waals surface area contributed by atoms with Crippen molar-refractivity contribution in [3.63, 3.8) is 0 Å². The highest BCUT2D eigenvalue weighted by molar-refractivity contribution is 7.97. The third-order valence-electron chi connectivity index (χ3n) is 2.77. The van der Waals surface area contributed by atoms with Gasteiger partial charge in [0, 0.05) is 37.0 Å². The number of benzene rings is 1. The molecule has 2 rings (SSSR count). The number of halogens is 1. The first-order valence-corrected chi connectivity index (χ1v) is 7.57. The lowest BCUT2D eigenvalue weighted by molar-refractivity contribution is 0.0773. The van der Waals surface area contributed by atoms with Crippen molar-refractivity contribution in [2.45, 2.75) is 6.54 Å². The molecule has 1 fully saturated rings. The van der Waals surface area contributed by atoms with E-state index in [4.69, 9.17) is 16.3 Å². The Balaban J connectivity index is 1.54. The van der Waals surface area contributed by atoms with Crippen molar-refractivity contribution in [2.75, 3.05) is 38.6 Å². The Kier molecular flexibility index (Phi) is 6.31. The van der Waals surface area contributed by atoms with Crippen LogP contribution in [0, 0.1) is 0 Å².